The molecule has 0 saturated heterocycles. The molecule has 0 spiro atoms. The summed E-state index contributed by atoms with van der Waals surface area (Å²) < 4.78 is 35.5. The van der Waals surface area contributed by atoms with Gasteiger partial charge in [0.1, 0.15) is 5.65 Å². The van der Waals surface area contributed by atoms with E-state index < -0.39 is 15.3 Å². The smallest absolute Gasteiger partial charge is 0.207 e. The highest BCUT2D eigenvalue weighted by atomic mass is 32.2. The van der Waals surface area contributed by atoms with Crippen molar-refractivity contribution in [3.05, 3.63) is 187 Å². The molecule has 0 atom stereocenters. The largest absolute Gasteiger partial charge is 0.341 e. The predicted octanol–water partition coefficient (Wildman–Crippen LogP) is 11.0. The van der Waals surface area contributed by atoms with Gasteiger partial charge in [-0.05, 0) is 137 Å². The lowest BCUT2D eigenvalue weighted by molar-refractivity contribution is 0.579. The molecule has 6 heterocycles. The van der Waals surface area contributed by atoms with E-state index in [2.05, 4.69) is 112 Å². The van der Waals surface area contributed by atoms with Crippen LogP contribution in [0.3, 0.4) is 0 Å². The number of sulfone groups is 1. The first-order chi connectivity index (χ1) is 28.4. The van der Waals surface area contributed by atoms with Gasteiger partial charge in [-0.3, -0.25) is 9.97 Å². The van der Waals surface area contributed by atoms with Gasteiger partial charge in [-0.1, -0.05) is 54.6 Å². The molecular weight excluding hydrogens is 735 g/mol. The molecule has 0 radical (unpaired) electrons. The lowest BCUT2D eigenvalue weighted by Gasteiger charge is -2.42. The van der Waals surface area contributed by atoms with Gasteiger partial charge >= 0.3 is 0 Å². The van der Waals surface area contributed by atoms with Crippen LogP contribution in [0.5, 0.6) is 0 Å². The molecule has 0 bridgehead atoms. The van der Waals surface area contributed by atoms with Crippen molar-refractivity contribution in [1.29, 1.82) is 0 Å². The van der Waals surface area contributed by atoms with Gasteiger partial charge in [-0.15, -0.1) is 0 Å². The first-order valence-electron chi connectivity index (χ1n) is 19.7. The molecule has 1 aliphatic heterocycles. The Morgan fingerprint density at radius 1 is 0.483 bits per heavy atom. The van der Waals surface area contributed by atoms with Gasteiger partial charge < -0.3 is 9.13 Å². The Labute approximate surface area is 335 Å². The van der Waals surface area contributed by atoms with Gasteiger partial charge in [-0.25, -0.2) is 13.4 Å². The summed E-state index contributed by atoms with van der Waals surface area (Å²) in [7, 11) is -4.05. The molecule has 5 aromatic carbocycles. The Morgan fingerprint density at radius 2 is 1.00 bits per heavy atom. The zero-order valence-electron chi connectivity index (χ0n) is 32.0. The summed E-state index contributed by atoms with van der Waals surface area (Å²) >= 11 is 0. The summed E-state index contributed by atoms with van der Waals surface area (Å²) in [6.07, 6.45) is 8.80. The van der Waals surface area contributed by atoms with Gasteiger partial charge in [0, 0.05) is 76.7 Å². The molecule has 280 valence electrons. The van der Waals surface area contributed by atoms with Crippen LogP contribution in [-0.2, 0) is 28.3 Å². The van der Waals surface area contributed by atoms with Crippen molar-refractivity contribution in [1.82, 2.24) is 24.1 Å². The lowest BCUT2D eigenvalue weighted by atomic mass is 9.64. The normalized spacial score (nSPS) is 14.2. The summed E-state index contributed by atoms with van der Waals surface area (Å²) in [5, 5.41) is 4.42. The molecule has 0 fully saturated rings. The first kappa shape index (κ1) is 34.4. The standard InChI is InChI=1S/C50H37N5O2S/c1-3-54-44-10-6-5-8-38(44)40-30-36(13-17-45(40)54)50(37-14-18-46-41(31-37)39-9-7-23-53-49(39)55(46)4-2)42-15-11-34(32-19-24-51-25-20-32)28-47(42)58(56,57)48-29-35(12-16-43(48)50)33-21-26-52-27-22-33/h5-31H,3-4H2,1-2H3. The maximum absolute atomic E-state index is 15.4. The number of hydrogen-bond acceptors (Lipinski definition) is 5. The van der Waals surface area contributed by atoms with E-state index in [0.717, 1.165) is 84.7 Å². The van der Waals surface area contributed by atoms with Crippen LogP contribution in [0.4, 0.5) is 0 Å². The van der Waals surface area contributed by atoms with Crippen molar-refractivity contribution < 1.29 is 8.42 Å². The zero-order chi connectivity index (χ0) is 39.2. The third kappa shape index (κ3) is 4.72. The number of pyridine rings is 3. The van der Waals surface area contributed by atoms with Crippen LogP contribution in [0.2, 0.25) is 0 Å². The lowest BCUT2D eigenvalue weighted by Crippen LogP contribution is -2.37. The molecule has 0 saturated carbocycles. The van der Waals surface area contributed by atoms with E-state index >= 15 is 8.42 Å². The first-order valence-corrected chi connectivity index (χ1v) is 21.2. The van der Waals surface area contributed by atoms with Crippen LogP contribution in [-0.4, -0.2) is 32.5 Å². The Hall–Kier alpha value is -6.90. The summed E-state index contributed by atoms with van der Waals surface area (Å²) in [5.41, 5.74) is 10.1. The van der Waals surface area contributed by atoms with Gasteiger partial charge in [-0.2, -0.15) is 0 Å². The van der Waals surface area contributed by atoms with Gasteiger partial charge in [0.15, 0.2) is 0 Å². The Bertz CT molecular complexity index is 3170. The summed E-state index contributed by atoms with van der Waals surface area (Å²) in [4.78, 5) is 13.9. The summed E-state index contributed by atoms with van der Waals surface area (Å²) in [5.74, 6) is 0. The Kier molecular flexibility index (Phi) is 7.59. The van der Waals surface area contributed by atoms with Crippen LogP contribution in [0.1, 0.15) is 36.1 Å². The third-order valence-electron chi connectivity index (χ3n) is 12.3. The molecule has 11 rings (SSSR count). The van der Waals surface area contributed by atoms with Crippen molar-refractivity contribution in [2.24, 2.45) is 0 Å². The molecule has 0 N–H and O–H groups in total. The van der Waals surface area contributed by atoms with Gasteiger partial charge in [0.25, 0.3) is 0 Å². The highest BCUT2D eigenvalue weighted by molar-refractivity contribution is 7.91. The number of para-hydroxylation sites is 1. The van der Waals surface area contributed by atoms with Crippen molar-refractivity contribution >= 4 is 53.6 Å². The highest BCUT2D eigenvalue weighted by Gasteiger charge is 2.49. The van der Waals surface area contributed by atoms with Crippen LogP contribution in [0.25, 0.3) is 66.0 Å². The van der Waals surface area contributed by atoms with Crippen LogP contribution in [0.15, 0.2) is 174 Å². The minimum absolute atomic E-state index is 0.287. The van der Waals surface area contributed by atoms with Gasteiger partial charge in [0.05, 0.1) is 20.7 Å². The van der Waals surface area contributed by atoms with Crippen molar-refractivity contribution in [2.75, 3.05) is 0 Å². The molecule has 0 aliphatic carbocycles. The number of rotatable bonds is 6. The fraction of sp³-hybridized carbons (Fsp3) is 0.100. The maximum atomic E-state index is 15.4. The quantitative estimate of drug-likeness (QED) is 0.168. The fourth-order valence-corrected chi connectivity index (χ4v) is 11.5. The Balaban J connectivity index is 1.32. The van der Waals surface area contributed by atoms with E-state index in [1.807, 2.05) is 60.8 Å². The van der Waals surface area contributed by atoms with E-state index in [0.29, 0.717) is 11.1 Å². The molecular formula is C50H37N5O2S. The monoisotopic (exact) mass is 771 g/mol. The number of hydrogen-bond donors (Lipinski definition) is 0. The zero-order valence-corrected chi connectivity index (χ0v) is 32.8. The molecule has 10 aromatic rings. The molecule has 1 aliphatic rings. The number of benzene rings is 5. The number of aromatic nitrogens is 5. The van der Waals surface area contributed by atoms with Crippen molar-refractivity contribution in [3.63, 3.8) is 0 Å². The van der Waals surface area contributed by atoms with E-state index in [1.54, 1.807) is 24.8 Å². The molecule has 58 heavy (non-hydrogen) atoms. The number of nitrogens with zero attached hydrogens (tertiary/aromatic N) is 5. The molecule has 0 amide bonds. The highest BCUT2D eigenvalue weighted by Crippen LogP contribution is 2.56. The van der Waals surface area contributed by atoms with Crippen molar-refractivity contribution in [3.8, 4) is 22.3 Å². The average molecular weight is 772 g/mol. The molecule has 0 unspecified atom stereocenters. The molecule has 7 nitrogen and oxygen atoms in total. The summed E-state index contributed by atoms with van der Waals surface area (Å²) in [6.45, 7) is 5.90. The number of aryl methyl sites for hydroxylation is 2. The fourth-order valence-electron chi connectivity index (χ4n) is 9.71. The summed E-state index contributed by atoms with van der Waals surface area (Å²) in [6, 6.07) is 45.7. The minimum Gasteiger partial charge on any atom is -0.341 e. The maximum Gasteiger partial charge on any atom is 0.207 e. The van der Waals surface area contributed by atoms with E-state index in [1.165, 1.54) is 5.52 Å². The third-order valence-corrected chi connectivity index (χ3v) is 14.1. The van der Waals surface area contributed by atoms with Crippen LogP contribution in [0, 0.1) is 0 Å². The second-order valence-corrected chi connectivity index (χ2v) is 16.9. The van der Waals surface area contributed by atoms with Crippen molar-refractivity contribution in [2.45, 2.75) is 42.1 Å². The minimum atomic E-state index is -4.05. The van der Waals surface area contributed by atoms with Gasteiger partial charge in [0.2, 0.25) is 9.84 Å². The van der Waals surface area contributed by atoms with Crippen LogP contribution >= 0.6 is 0 Å². The predicted molar refractivity (Wildman–Crippen MR) is 232 cm³/mol. The SMILES string of the molecule is CCn1c2ccccc2c2cc(C3(c4ccc5c(c4)c4cccnc4n5CC)c4ccc(-c5ccncc5)cc4S(=O)(=O)c4cc(-c5ccncc5)ccc43)ccc21. The van der Waals surface area contributed by atoms with Crippen LogP contribution < -0.4 is 0 Å². The molecule has 5 aromatic heterocycles. The second-order valence-electron chi connectivity index (χ2n) is 15.0. The number of fused-ring (bicyclic) bond motifs is 8. The average Bonchev–Trinajstić information content (AvgIpc) is 3.78. The second kappa shape index (κ2) is 12.8. The molecule has 8 heteroatoms. The van der Waals surface area contributed by atoms with E-state index in [4.69, 9.17) is 4.98 Å². The Morgan fingerprint density at radius 3 is 1.59 bits per heavy atom. The van der Waals surface area contributed by atoms with E-state index in [-0.39, 0.29) is 9.79 Å². The van der Waals surface area contributed by atoms with E-state index in [9.17, 15) is 0 Å². The topological polar surface area (TPSA) is 82.7 Å².